The van der Waals surface area contributed by atoms with E-state index in [-0.39, 0.29) is 28.4 Å². The van der Waals surface area contributed by atoms with Gasteiger partial charge in [-0.15, -0.1) is 22.7 Å². The molecule has 0 unspecified atom stereocenters. The van der Waals surface area contributed by atoms with E-state index >= 15 is 0 Å². The smallest absolute Gasteiger partial charge is 0.247 e. The van der Waals surface area contributed by atoms with Crippen molar-refractivity contribution >= 4 is 108 Å². The van der Waals surface area contributed by atoms with Gasteiger partial charge >= 0.3 is 0 Å². The van der Waals surface area contributed by atoms with E-state index < -0.39 is 0 Å². The summed E-state index contributed by atoms with van der Waals surface area (Å²) in [5.41, 5.74) is 15.6. The van der Waals surface area contributed by atoms with Crippen LogP contribution in [-0.4, -0.2) is 11.3 Å². The molecule has 0 aliphatic carbocycles. The van der Waals surface area contributed by atoms with E-state index in [4.69, 9.17) is 0 Å². The molecule has 0 saturated carbocycles. The molecular formula is C51H48BNS2. The zero-order valence-corrected chi connectivity index (χ0v) is 35.6. The molecule has 9 aromatic rings. The van der Waals surface area contributed by atoms with E-state index in [0.717, 1.165) is 0 Å². The monoisotopic (exact) mass is 749 g/mol. The molecule has 4 heteroatoms. The van der Waals surface area contributed by atoms with Gasteiger partial charge in [-0.1, -0.05) is 124 Å². The number of hydrogen-bond acceptors (Lipinski definition) is 2. The molecule has 3 aromatic heterocycles. The van der Waals surface area contributed by atoms with Crippen molar-refractivity contribution in [1.29, 1.82) is 0 Å². The minimum Gasteiger partial charge on any atom is -0.310 e. The van der Waals surface area contributed by atoms with E-state index in [2.05, 4.69) is 172 Å². The number of hydrogen-bond donors (Lipinski definition) is 0. The second kappa shape index (κ2) is 10.5. The molecule has 2 aliphatic heterocycles. The average molecular weight is 750 g/mol. The number of nitrogens with zero attached hydrogens (tertiary/aromatic N) is 1. The fraction of sp³-hybridized carbons (Fsp3) is 0.294. The lowest BCUT2D eigenvalue weighted by molar-refractivity contribution is 0.590. The predicted molar refractivity (Wildman–Crippen MR) is 246 cm³/mol. The first kappa shape index (κ1) is 33.9. The molecule has 0 fully saturated rings. The quantitative estimate of drug-likeness (QED) is 0.136. The maximum Gasteiger partial charge on any atom is 0.247 e. The van der Waals surface area contributed by atoms with E-state index in [1.165, 1.54) is 112 Å². The Kier molecular flexibility index (Phi) is 6.49. The summed E-state index contributed by atoms with van der Waals surface area (Å²) in [4.78, 5) is 0. The standard InChI is InChI=1S/C51H48BNS2/c1-48(2,3)27-15-19-37-31(23-27)32-25-29(50(7,8)9)26-36-46(32)53(37)38-14-12-13-34-45(38)52(36)35-18-22-40-42(44(35)51(34,10)11)30-17-21-41-43(47(30)55-40)33-24-28(49(4,5)6)16-20-39(33)54-41/h12-26H,1-11H3. The molecule has 5 heterocycles. The highest BCUT2D eigenvalue weighted by atomic mass is 32.1. The SMILES string of the molecule is CC(C)(C)c1ccc2sc3ccc4c(sc5ccc6c(c54)C(C)(C)c4cccc5c4B6c4cc(C(C)(C)C)cc6c7cc(C(C)(C)C)ccc7n-5c46)c3c2c1. The summed E-state index contributed by atoms with van der Waals surface area (Å²) >= 11 is 3.94. The number of fused-ring (bicyclic) bond motifs is 15. The Balaban J connectivity index is 1.27. The van der Waals surface area contributed by atoms with E-state index in [1.54, 1.807) is 0 Å². The first-order valence-electron chi connectivity index (χ1n) is 20.0. The van der Waals surface area contributed by atoms with Crippen molar-refractivity contribution < 1.29 is 0 Å². The van der Waals surface area contributed by atoms with Crippen LogP contribution in [0.25, 0.3) is 67.8 Å². The Morgan fingerprint density at radius 3 is 1.91 bits per heavy atom. The zero-order valence-electron chi connectivity index (χ0n) is 34.0. The molecular weight excluding hydrogens is 702 g/mol. The van der Waals surface area contributed by atoms with Crippen LogP contribution in [0, 0.1) is 0 Å². The molecule has 1 nitrogen and oxygen atoms in total. The summed E-state index contributed by atoms with van der Waals surface area (Å²) in [6.07, 6.45) is 0. The maximum atomic E-state index is 2.62. The molecule has 11 rings (SSSR count). The normalized spacial score (nSPS) is 15.3. The van der Waals surface area contributed by atoms with Gasteiger partial charge < -0.3 is 4.57 Å². The third-order valence-corrected chi connectivity index (χ3v) is 15.6. The molecule has 272 valence electrons. The van der Waals surface area contributed by atoms with E-state index in [1.807, 2.05) is 22.7 Å². The van der Waals surface area contributed by atoms with Gasteiger partial charge in [0, 0.05) is 67.7 Å². The van der Waals surface area contributed by atoms with Gasteiger partial charge in [-0.05, 0) is 104 Å². The lowest BCUT2D eigenvalue weighted by Gasteiger charge is -2.42. The number of thiophene rings is 2. The molecule has 0 N–H and O–H groups in total. The predicted octanol–water partition coefficient (Wildman–Crippen LogP) is 12.9. The van der Waals surface area contributed by atoms with Crippen LogP contribution in [0.1, 0.15) is 104 Å². The minimum atomic E-state index is -0.198. The largest absolute Gasteiger partial charge is 0.310 e. The van der Waals surface area contributed by atoms with Crippen molar-refractivity contribution in [2.45, 2.75) is 97.8 Å². The Morgan fingerprint density at radius 2 is 1.18 bits per heavy atom. The van der Waals surface area contributed by atoms with Crippen LogP contribution >= 0.6 is 22.7 Å². The first-order valence-corrected chi connectivity index (χ1v) is 21.7. The zero-order chi connectivity index (χ0) is 38.3. The summed E-state index contributed by atoms with van der Waals surface area (Å²) in [6.45, 7) is 26.3. The van der Waals surface area contributed by atoms with Gasteiger partial charge in [-0.3, -0.25) is 0 Å². The van der Waals surface area contributed by atoms with Gasteiger partial charge in [-0.25, -0.2) is 0 Å². The molecule has 0 bridgehead atoms. The van der Waals surface area contributed by atoms with Gasteiger partial charge in [-0.2, -0.15) is 0 Å². The summed E-state index contributed by atoms with van der Waals surface area (Å²) in [7, 11) is 0. The van der Waals surface area contributed by atoms with Crippen molar-refractivity contribution in [3.05, 3.63) is 119 Å². The van der Waals surface area contributed by atoms with E-state index in [0.29, 0.717) is 0 Å². The second-order valence-electron chi connectivity index (χ2n) is 20.2. The molecule has 0 spiro atoms. The Hall–Kier alpha value is -4.38. The third-order valence-electron chi connectivity index (χ3n) is 13.3. The molecule has 0 atom stereocenters. The highest BCUT2D eigenvalue weighted by Crippen LogP contribution is 2.50. The summed E-state index contributed by atoms with van der Waals surface area (Å²) < 4.78 is 8.22. The van der Waals surface area contributed by atoms with Crippen LogP contribution in [0.5, 0.6) is 0 Å². The Labute approximate surface area is 333 Å². The molecule has 55 heavy (non-hydrogen) atoms. The van der Waals surface area contributed by atoms with Crippen molar-refractivity contribution in [3.8, 4) is 5.69 Å². The fourth-order valence-corrected chi connectivity index (χ4v) is 12.8. The Bertz CT molecular complexity index is 3180. The van der Waals surface area contributed by atoms with Crippen molar-refractivity contribution in [3.63, 3.8) is 0 Å². The van der Waals surface area contributed by atoms with Crippen LogP contribution in [0.3, 0.4) is 0 Å². The van der Waals surface area contributed by atoms with Crippen LogP contribution in [0.15, 0.2) is 91.0 Å². The summed E-state index contributed by atoms with van der Waals surface area (Å²) in [5, 5.41) is 8.46. The van der Waals surface area contributed by atoms with Crippen LogP contribution in [0.2, 0.25) is 0 Å². The molecule has 0 radical (unpaired) electrons. The first-order chi connectivity index (χ1) is 25.9. The summed E-state index contributed by atoms with van der Waals surface area (Å²) in [5.74, 6) is 0. The topological polar surface area (TPSA) is 4.93 Å². The number of rotatable bonds is 0. The van der Waals surface area contributed by atoms with Crippen molar-refractivity contribution in [2.24, 2.45) is 0 Å². The van der Waals surface area contributed by atoms with Crippen molar-refractivity contribution in [2.75, 3.05) is 0 Å². The van der Waals surface area contributed by atoms with Gasteiger partial charge in [0.05, 0.1) is 5.52 Å². The van der Waals surface area contributed by atoms with E-state index in [9.17, 15) is 0 Å². The minimum absolute atomic E-state index is 0.00631. The highest BCUT2D eigenvalue weighted by molar-refractivity contribution is 7.29. The maximum absolute atomic E-state index is 2.62. The average Bonchev–Trinajstić information content (AvgIpc) is 3.79. The molecule has 2 aliphatic rings. The lowest BCUT2D eigenvalue weighted by atomic mass is 9.30. The Morgan fingerprint density at radius 1 is 0.545 bits per heavy atom. The van der Waals surface area contributed by atoms with Gasteiger partial charge in [0.2, 0.25) is 6.71 Å². The summed E-state index contributed by atoms with van der Waals surface area (Å²) in [6, 6.07) is 36.5. The van der Waals surface area contributed by atoms with Crippen LogP contribution in [0.4, 0.5) is 0 Å². The molecule has 6 aromatic carbocycles. The molecule has 0 amide bonds. The third kappa shape index (κ3) is 4.42. The van der Waals surface area contributed by atoms with Crippen molar-refractivity contribution in [1.82, 2.24) is 4.57 Å². The number of benzene rings is 6. The fourth-order valence-electron chi connectivity index (χ4n) is 10.3. The number of aromatic nitrogens is 1. The van der Waals surface area contributed by atoms with Crippen LogP contribution in [-0.2, 0) is 21.7 Å². The van der Waals surface area contributed by atoms with Gasteiger partial charge in [0.15, 0.2) is 0 Å². The highest BCUT2D eigenvalue weighted by Gasteiger charge is 2.46. The lowest BCUT2D eigenvalue weighted by Crippen LogP contribution is -2.63. The van der Waals surface area contributed by atoms with Crippen LogP contribution < -0.4 is 16.4 Å². The second-order valence-corrected chi connectivity index (χ2v) is 22.3. The van der Waals surface area contributed by atoms with Gasteiger partial charge in [0.1, 0.15) is 0 Å². The molecule has 0 saturated heterocycles. The van der Waals surface area contributed by atoms with Gasteiger partial charge in [0.25, 0.3) is 0 Å².